The van der Waals surface area contributed by atoms with Crippen molar-refractivity contribution >= 4 is 51.7 Å². The number of hydrogen-bond acceptors (Lipinski definition) is 7. The lowest BCUT2D eigenvalue weighted by atomic mass is 10.1. The van der Waals surface area contributed by atoms with E-state index in [0.29, 0.717) is 53.7 Å². The summed E-state index contributed by atoms with van der Waals surface area (Å²) < 4.78 is 5.22. The van der Waals surface area contributed by atoms with Crippen LogP contribution in [-0.2, 0) is 0 Å². The zero-order valence-corrected chi connectivity index (χ0v) is 19.7. The lowest BCUT2D eigenvalue weighted by Crippen LogP contribution is -2.37. The maximum Gasteiger partial charge on any atom is 0.322 e. The Morgan fingerprint density at radius 3 is 2.86 bits per heavy atom. The number of fused-ring (bicyclic) bond motifs is 1. The molecule has 2 aromatic carbocycles. The maximum absolute atomic E-state index is 12.7. The first-order chi connectivity index (χ1) is 17.5. The second-order valence-electron chi connectivity index (χ2n) is 8.37. The molecule has 0 radical (unpaired) electrons. The molecular formula is C26H26N8O2. The van der Waals surface area contributed by atoms with Gasteiger partial charge in [0.15, 0.2) is 0 Å². The van der Waals surface area contributed by atoms with Crippen LogP contribution in [0, 0.1) is 5.41 Å². The third-order valence-corrected chi connectivity index (χ3v) is 6.09. The lowest BCUT2D eigenvalue weighted by molar-refractivity contribution is 0.217. The normalized spacial score (nSPS) is 13.2. The van der Waals surface area contributed by atoms with Crippen LogP contribution in [0.4, 0.5) is 27.7 Å². The quantitative estimate of drug-likeness (QED) is 0.200. The molecule has 5 rings (SSSR count). The first-order valence-electron chi connectivity index (χ1n) is 11.4. The van der Waals surface area contributed by atoms with Crippen LogP contribution < -0.4 is 21.1 Å². The van der Waals surface area contributed by atoms with Crippen molar-refractivity contribution in [2.45, 2.75) is 6.42 Å². The monoisotopic (exact) mass is 482 g/mol. The van der Waals surface area contributed by atoms with E-state index in [0.717, 1.165) is 22.3 Å². The zero-order valence-electron chi connectivity index (χ0n) is 19.7. The van der Waals surface area contributed by atoms with Gasteiger partial charge in [-0.1, -0.05) is 12.1 Å². The highest BCUT2D eigenvalue weighted by Crippen LogP contribution is 2.30. The van der Waals surface area contributed by atoms with E-state index < -0.39 is 0 Å². The lowest BCUT2D eigenvalue weighted by Gasteiger charge is -2.26. The SMILES string of the molecule is COc1cccc(NC(=O)N2CC=C(c3cc4c(Nc5ccc(N)c(C=N)c5)ncnc4[nH]3)CC2)c1. The number of amides is 2. The summed E-state index contributed by atoms with van der Waals surface area (Å²) in [6.07, 6.45) is 5.48. The van der Waals surface area contributed by atoms with Gasteiger partial charge in [0.25, 0.3) is 0 Å². The number of carbonyl (C=O) groups is 1. The van der Waals surface area contributed by atoms with Crippen molar-refractivity contribution in [1.82, 2.24) is 19.9 Å². The number of aromatic nitrogens is 3. The van der Waals surface area contributed by atoms with Crippen molar-refractivity contribution in [1.29, 1.82) is 5.41 Å². The van der Waals surface area contributed by atoms with Gasteiger partial charge >= 0.3 is 6.03 Å². The van der Waals surface area contributed by atoms with Gasteiger partial charge in [-0.05, 0) is 48.4 Å². The minimum Gasteiger partial charge on any atom is -0.497 e. The molecule has 0 aliphatic carbocycles. The number of hydrogen-bond donors (Lipinski definition) is 5. The Morgan fingerprint density at radius 1 is 1.19 bits per heavy atom. The topological polar surface area (TPSA) is 145 Å². The summed E-state index contributed by atoms with van der Waals surface area (Å²) in [5.74, 6) is 1.34. The molecule has 2 aromatic heterocycles. The number of carbonyl (C=O) groups excluding carboxylic acids is 1. The van der Waals surface area contributed by atoms with Gasteiger partial charge in [0.05, 0.1) is 12.5 Å². The van der Waals surface area contributed by atoms with Gasteiger partial charge in [0, 0.05) is 53.7 Å². The Bertz CT molecular complexity index is 1480. The number of ether oxygens (including phenoxy) is 1. The third-order valence-electron chi connectivity index (χ3n) is 6.09. The van der Waals surface area contributed by atoms with E-state index in [1.54, 1.807) is 30.2 Å². The summed E-state index contributed by atoms with van der Waals surface area (Å²) >= 11 is 0. The number of benzene rings is 2. The van der Waals surface area contributed by atoms with Gasteiger partial charge in [0.2, 0.25) is 0 Å². The van der Waals surface area contributed by atoms with E-state index in [9.17, 15) is 4.79 Å². The number of methoxy groups -OCH3 is 1. The summed E-state index contributed by atoms with van der Waals surface area (Å²) in [6, 6.07) is 14.6. The molecule has 0 saturated heterocycles. The first kappa shape index (κ1) is 22.9. The second kappa shape index (κ2) is 9.79. The van der Waals surface area contributed by atoms with Crippen LogP contribution in [-0.4, -0.2) is 52.3 Å². The number of anilines is 4. The fourth-order valence-electron chi connectivity index (χ4n) is 4.13. The molecule has 2 amide bonds. The van der Waals surface area contributed by atoms with E-state index in [-0.39, 0.29) is 6.03 Å². The van der Waals surface area contributed by atoms with Crippen molar-refractivity contribution in [3.05, 3.63) is 72.2 Å². The van der Waals surface area contributed by atoms with Gasteiger partial charge in [-0.3, -0.25) is 0 Å². The van der Waals surface area contributed by atoms with E-state index in [1.165, 1.54) is 12.5 Å². The summed E-state index contributed by atoms with van der Waals surface area (Å²) in [7, 11) is 1.60. The van der Waals surface area contributed by atoms with Gasteiger partial charge in [0.1, 0.15) is 23.5 Å². The Morgan fingerprint density at radius 2 is 2.08 bits per heavy atom. The molecule has 1 aliphatic heterocycles. The smallest absolute Gasteiger partial charge is 0.322 e. The number of nitrogens with one attached hydrogen (secondary N) is 4. The minimum absolute atomic E-state index is 0.152. The first-order valence-corrected chi connectivity index (χ1v) is 11.4. The number of H-pyrrole nitrogens is 1. The second-order valence-corrected chi connectivity index (χ2v) is 8.37. The van der Waals surface area contributed by atoms with E-state index in [2.05, 4.69) is 31.7 Å². The Balaban J connectivity index is 1.31. The van der Waals surface area contributed by atoms with Crippen molar-refractivity contribution in [2.75, 3.05) is 36.6 Å². The fraction of sp³-hybridized carbons (Fsp3) is 0.154. The van der Waals surface area contributed by atoms with Gasteiger partial charge in [-0.25, -0.2) is 14.8 Å². The summed E-state index contributed by atoms with van der Waals surface area (Å²) in [5.41, 5.74) is 11.3. The van der Waals surface area contributed by atoms with E-state index >= 15 is 0 Å². The Kier molecular flexibility index (Phi) is 6.23. The largest absolute Gasteiger partial charge is 0.497 e. The van der Waals surface area contributed by atoms with Crippen molar-refractivity contribution in [2.24, 2.45) is 0 Å². The number of rotatable bonds is 6. The van der Waals surface area contributed by atoms with Crippen LogP contribution in [0.5, 0.6) is 5.75 Å². The third kappa shape index (κ3) is 4.69. The summed E-state index contributed by atoms with van der Waals surface area (Å²) in [5, 5.41) is 14.6. The molecule has 0 fully saturated rings. The zero-order chi connectivity index (χ0) is 25.1. The molecule has 0 unspecified atom stereocenters. The maximum atomic E-state index is 12.7. The molecule has 10 heteroatoms. The Labute approximate surface area is 207 Å². The predicted molar refractivity (Wildman–Crippen MR) is 142 cm³/mol. The molecule has 0 bridgehead atoms. The summed E-state index contributed by atoms with van der Waals surface area (Å²) in [4.78, 5) is 26.6. The molecule has 0 atom stereocenters. The van der Waals surface area contributed by atoms with Crippen molar-refractivity contribution in [3.8, 4) is 5.75 Å². The molecule has 4 aromatic rings. The van der Waals surface area contributed by atoms with Gasteiger partial charge in [-0.2, -0.15) is 0 Å². The highest BCUT2D eigenvalue weighted by molar-refractivity contribution is 5.94. The van der Waals surface area contributed by atoms with E-state index in [4.69, 9.17) is 15.9 Å². The molecule has 6 N–H and O–H groups in total. The Hall–Kier alpha value is -4.86. The van der Waals surface area contributed by atoms with Crippen LogP contribution in [0.2, 0.25) is 0 Å². The average molecular weight is 483 g/mol. The molecule has 10 nitrogen and oxygen atoms in total. The fourth-order valence-corrected chi connectivity index (χ4v) is 4.13. The highest BCUT2D eigenvalue weighted by Gasteiger charge is 2.20. The number of urea groups is 1. The summed E-state index contributed by atoms with van der Waals surface area (Å²) in [6.45, 7) is 1.08. The standard InChI is InChI=1S/C26H26N8O2/c1-36-20-4-2-3-18(12-20)32-26(35)34-9-7-16(8-10-34)23-13-21-24(29-15-30-25(21)33-23)31-19-5-6-22(28)17(11-19)14-27/h2-7,11-15,27H,8-10,28H2,1H3,(H,32,35)(H2,29,30,31,33). The van der Waals surface area contributed by atoms with Gasteiger partial charge in [-0.15, -0.1) is 0 Å². The molecule has 1 aliphatic rings. The minimum atomic E-state index is -0.152. The number of nitrogens with two attached hydrogens (primary N) is 1. The van der Waals surface area contributed by atoms with Crippen molar-refractivity contribution in [3.63, 3.8) is 0 Å². The number of nitrogens with zero attached hydrogens (tertiary/aromatic N) is 3. The van der Waals surface area contributed by atoms with Crippen LogP contribution in [0.3, 0.4) is 0 Å². The van der Waals surface area contributed by atoms with Crippen LogP contribution >= 0.6 is 0 Å². The molecule has 0 spiro atoms. The molecule has 0 saturated carbocycles. The van der Waals surface area contributed by atoms with Crippen LogP contribution in [0.15, 0.2) is 60.9 Å². The number of aromatic amines is 1. The van der Waals surface area contributed by atoms with Gasteiger partial charge < -0.3 is 36.4 Å². The predicted octanol–water partition coefficient (Wildman–Crippen LogP) is 4.61. The average Bonchev–Trinajstić information content (AvgIpc) is 3.35. The molecule has 36 heavy (non-hydrogen) atoms. The molecular weight excluding hydrogens is 456 g/mol. The highest BCUT2D eigenvalue weighted by atomic mass is 16.5. The number of nitrogen functional groups attached to an aromatic ring is 1. The molecule has 3 heterocycles. The molecule has 182 valence electrons. The van der Waals surface area contributed by atoms with Crippen LogP contribution in [0.25, 0.3) is 16.6 Å². The van der Waals surface area contributed by atoms with Crippen LogP contribution in [0.1, 0.15) is 17.7 Å². The van der Waals surface area contributed by atoms with Crippen molar-refractivity contribution < 1.29 is 9.53 Å². The van der Waals surface area contributed by atoms with E-state index in [1.807, 2.05) is 30.3 Å².